The summed E-state index contributed by atoms with van der Waals surface area (Å²) in [7, 11) is -1.95. The zero-order valence-corrected chi connectivity index (χ0v) is 13.3. The summed E-state index contributed by atoms with van der Waals surface area (Å²) in [6.07, 6.45) is 3.09. The average molecular weight is 312 g/mol. The van der Waals surface area contributed by atoms with Gasteiger partial charge in [0, 0.05) is 38.1 Å². The van der Waals surface area contributed by atoms with Crippen LogP contribution in [0.3, 0.4) is 0 Å². The Bertz CT molecular complexity index is 539. The minimum Gasteiger partial charge on any atom is -0.372 e. The molecule has 0 aromatic heterocycles. The molecule has 118 valence electrons. The van der Waals surface area contributed by atoms with Crippen molar-refractivity contribution < 1.29 is 8.42 Å². The van der Waals surface area contributed by atoms with E-state index in [0.29, 0.717) is 25.2 Å². The summed E-state index contributed by atoms with van der Waals surface area (Å²) >= 11 is 0. The van der Waals surface area contributed by atoms with Gasteiger partial charge in [0.15, 0.2) is 0 Å². The number of hydrogen-bond acceptors (Lipinski definition) is 4. The average Bonchev–Trinajstić information content (AvgIpc) is 2.99. The summed E-state index contributed by atoms with van der Waals surface area (Å²) in [5.41, 5.74) is 7.13. The molecule has 1 aliphatic rings. The molecular formula is C14H24N4O2S. The number of nitrogens with zero attached hydrogens (tertiary/aromatic N) is 2. The predicted molar refractivity (Wildman–Crippen MR) is 86.7 cm³/mol. The molecule has 1 aromatic carbocycles. The van der Waals surface area contributed by atoms with Gasteiger partial charge in [-0.3, -0.25) is 4.72 Å². The van der Waals surface area contributed by atoms with Crippen LogP contribution in [0.1, 0.15) is 19.3 Å². The molecule has 0 spiro atoms. The fourth-order valence-electron chi connectivity index (χ4n) is 2.38. The lowest BCUT2D eigenvalue weighted by molar-refractivity contribution is 0.468. The summed E-state index contributed by atoms with van der Waals surface area (Å²) in [5.74, 6) is 0. The van der Waals surface area contributed by atoms with Gasteiger partial charge in [-0.2, -0.15) is 12.7 Å². The molecule has 21 heavy (non-hydrogen) atoms. The van der Waals surface area contributed by atoms with Crippen LogP contribution in [-0.2, 0) is 10.2 Å². The standard InChI is InChI=1S/C14H24N4O2S/c1-17(10-4-9-15)21(19,20)16-13-5-7-14(8-6-13)18-11-2-3-12-18/h5-8,16H,2-4,9-12,15H2,1H3. The molecule has 1 aromatic rings. The highest BCUT2D eigenvalue weighted by molar-refractivity contribution is 7.90. The summed E-state index contributed by atoms with van der Waals surface area (Å²) in [4.78, 5) is 2.31. The van der Waals surface area contributed by atoms with E-state index in [1.807, 2.05) is 24.3 Å². The third kappa shape index (κ3) is 4.33. The Morgan fingerprint density at radius 2 is 1.86 bits per heavy atom. The first-order valence-electron chi connectivity index (χ1n) is 7.32. The van der Waals surface area contributed by atoms with E-state index in [4.69, 9.17) is 5.73 Å². The summed E-state index contributed by atoms with van der Waals surface area (Å²) in [5, 5.41) is 0. The number of nitrogens with one attached hydrogen (secondary N) is 1. The Labute approximate surface area is 127 Å². The van der Waals surface area contributed by atoms with Crippen molar-refractivity contribution >= 4 is 21.6 Å². The first kappa shape index (κ1) is 16.1. The lowest BCUT2D eigenvalue weighted by Crippen LogP contribution is -2.34. The monoisotopic (exact) mass is 312 g/mol. The van der Waals surface area contributed by atoms with Crippen LogP contribution in [0.4, 0.5) is 11.4 Å². The third-order valence-electron chi connectivity index (χ3n) is 3.67. The maximum Gasteiger partial charge on any atom is 0.301 e. The van der Waals surface area contributed by atoms with E-state index in [1.165, 1.54) is 17.1 Å². The highest BCUT2D eigenvalue weighted by Crippen LogP contribution is 2.22. The molecule has 1 fully saturated rings. The van der Waals surface area contributed by atoms with E-state index in [0.717, 1.165) is 18.8 Å². The molecule has 3 N–H and O–H groups in total. The quantitative estimate of drug-likeness (QED) is 0.793. The largest absolute Gasteiger partial charge is 0.372 e. The van der Waals surface area contributed by atoms with E-state index in [2.05, 4.69) is 9.62 Å². The molecule has 1 aliphatic heterocycles. The molecule has 1 heterocycles. The number of anilines is 2. The molecule has 0 atom stereocenters. The van der Waals surface area contributed by atoms with Crippen LogP contribution in [0, 0.1) is 0 Å². The Hall–Kier alpha value is -1.31. The van der Waals surface area contributed by atoms with Gasteiger partial charge in [-0.05, 0) is 50.1 Å². The molecule has 0 bridgehead atoms. The molecule has 0 radical (unpaired) electrons. The van der Waals surface area contributed by atoms with Crippen LogP contribution in [0.2, 0.25) is 0 Å². The number of benzene rings is 1. The lowest BCUT2D eigenvalue weighted by atomic mass is 10.2. The SMILES string of the molecule is CN(CCCN)S(=O)(=O)Nc1ccc(N2CCCC2)cc1. The van der Waals surface area contributed by atoms with E-state index in [9.17, 15) is 8.42 Å². The van der Waals surface area contributed by atoms with Crippen LogP contribution in [0.25, 0.3) is 0 Å². The molecule has 0 aliphatic carbocycles. The number of rotatable bonds is 7. The van der Waals surface area contributed by atoms with Gasteiger partial charge in [0.25, 0.3) is 0 Å². The topological polar surface area (TPSA) is 78.7 Å². The van der Waals surface area contributed by atoms with Gasteiger partial charge in [-0.25, -0.2) is 0 Å². The van der Waals surface area contributed by atoms with Gasteiger partial charge in [0.2, 0.25) is 0 Å². The van der Waals surface area contributed by atoms with Crippen LogP contribution in [0.5, 0.6) is 0 Å². The van der Waals surface area contributed by atoms with E-state index < -0.39 is 10.2 Å². The van der Waals surface area contributed by atoms with Gasteiger partial charge in [0.05, 0.1) is 0 Å². The zero-order valence-electron chi connectivity index (χ0n) is 12.5. The van der Waals surface area contributed by atoms with Gasteiger partial charge in [0.1, 0.15) is 0 Å². The second kappa shape index (κ2) is 7.11. The molecule has 0 amide bonds. The van der Waals surface area contributed by atoms with Crippen molar-refractivity contribution in [2.24, 2.45) is 5.73 Å². The Balaban J connectivity index is 1.98. The van der Waals surface area contributed by atoms with Crippen LogP contribution in [0.15, 0.2) is 24.3 Å². The van der Waals surface area contributed by atoms with Crippen molar-refractivity contribution in [2.45, 2.75) is 19.3 Å². The zero-order chi connectivity index (χ0) is 15.3. The fraction of sp³-hybridized carbons (Fsp3) is 0.571. The minimum atomic E-state index is -3.50. The second-order valence-corrected chi connectivity index (χ2v) is 7.09. The first-order chi connectivity index (χ1) is 10.0. The molecular weight excluding hydrogens is 288 g/mol. The van der Waals surface area contributed by atoms with Crippen LogP contribution in [-0.4, -0.2) is 45.9 Å². The summed E-state index contributed by atoms with van der Waals surface area (Å²) in [6, 6.07) is 7.54. The van der Waals surface area contributed by atoms with Gasteiger partial charge in [-0.15, -0.1) is 0 Å². The number of nitrogens with two attached hydrogens (primary N) is 1. The lowest BCUT2D eigenvalue weighted by Gasteiger charge is -2.20. The van der Waals surface area contributed by atoms with E-state index in [1.54, 1.807) is 7.05 Å². The summed E-state index contributed by atoms with van der Waals surface area (Å²) < 4.78 is 28.1. The number of hydrogen-bond donors (Lipinski definition) is 2. The van der Waals surface area contributed by atoms with Crippen molar-refractivity contribution in [3.8, 4) is 0 Å². The molecule has 2 rings (SSSR count). The molecule has 0 saturated carbocycles. The second-order valence-electron chi connectivity index (χ2n) is 5.31. The fourth-order valence-corrected chi connectivity index (χ4v) is 3.34. The molecule has 1 saturated heterocycles. The maximum atomic E-state index is 12.1. The van der Waals surface area contributed by atoms with Gasteiger partial charge >= 0.3 is 10.2 Å². The van der Waals surface area contributed by atoms with Crippen molar-refractivity contribution in [2.75, 3.05) is 42.8 Å². The van der Waals surface area contributed by atoms with Gasteiger partial charge in [-0.1, -0.05) is 0 Å². The van der Waals surface area contributed by atoms with E-state index >= 15 is 0 Å². The minimum absolute atomic E-state index is 0.414. The van der Waals surface area contributed by atoms with Crippen molar-refractivity contribution in [1.82, 2.24) is 4.31 Å². The summed E-state index contributed by atoms with van der Waals surface area (Å²) in [6.45, 7) is 3.04. The van der Waals surface area contributed by atoms with Crippen LogP contribution < -0.4 is 15.4 Å². The van der Waals surface area contributed by atoms with Crippen molar-refractivity contribution in [3.05, 3.63) is 24.3 Å². The maximum absolute atomic E-state index is 12.1. The first-order valence-corrected chi connectivity index (χ1v) is 8.76. The Kier molecular flexibility index (Phi) is 5.44. The molecule has 7 heteroatoms. The van der Waals surface area contributed by atoms with Crippen LogP contribution >= 0.6 is 0 Å². The third-order valence-corrected chi connectivity index (χ3v) is 5.17. The highest BCUT2D eigenvalue weighted by atomic mass is 32.2. The molecule has 6 nitrogen and oxygen atoms in total. The van der Waals surface area contributed by atoms with Crippen molar-refractivity contribution in [3.63, 3.8) is 0 Å². The molecule has 0 unspecified atom stereocenters. The predicted octanol–water partition coefficient (Wildman–Crippen LogP) is 1.22. The van der Waals surface area contributed by atoms with Crippen molar-refractivity contribution in [1.29, 1.82) is 0 Å². The normalized spacial score (nSPS) is 15.7. The van der Waals surface area contributed by atoms with E-state index in [-0.39, 0.29) is 0 Å². The smallest absolute Gasteiger partial charge is 0.301 e. The Morgan fingerprint density at radius 3 is 2.43 bits per heavy atom. The van der Waals surface area contributed by atoms with Gasteiger partial charge < -0.3 is 10.6 Å². The Morgan fingerprint density at radius 1 is 1.24 bits per heavy atom. The highest BCUT2D eigenvalue weighted by Gasteiger charge is 2.17.